The van der Waals surface area contributed by atoms with Gasteiger partial charge in [-0.2, -0.15) is 4.98 Å². The SMILES string of the molecule is Nc1nn2c3c1c(=O)nc(CCCn1ccnc1)n3CC=C2c1ccccc1. The van der Waals surface area contributed by atoms with Crippen LogP contribution in [0.3, 0.4) is 0 Å². The average Bonchev–Trinajstić information content (AvgIpc) is 3.34. The highest BCUT2D eigenvalue weighted by Crippen LogP contribution is 2.28. The Balaban J connectivity index is 1.57. The van der Waals surface area contributed by atoms with Crippen molar-refractivity contribution in [3.63, 3.8) is 0 Å². The lowest BCUT2D eigenvalue weighted by atomic mass is 10.1. The number of hydrogen-bond acceptors (Lipinski definition) is 5. The van der Waals surface area contributed by atoms with Crippen molar-refractivity contribution in [3.8, 4) is 0 Å². The molecule has 0 bridgehead atoms. The standard InChI is InChI=1S/C20H19N7O/c21-18-17-19(28)23-16(7-4-10-25-12-9-22-13-25)26-11-8-15(27(24-18)20(17)26)14-5-2-1-3-6-14/h1-3,5-6,8-9,12-13H,4,7,10-11H2,(H2,21,24). The van der Waals surface area contributed by atoms with E-state index in [0.717, 1.165) is 35.7 Å². The molecule has 5 rings (SSSR count). The molecule has 8 nitrogen and oxygen atoms in total. The third kappa shape index (κ3) is 2.61. The van der Waals surface area contributed by atoms with E-state index in [1.54, 1.807) is 17.2 Å². The van der Waals surface area contributed by atoms with E-state index >= 15 is 0 Å². The van der Waals surface area contributed by atoms with Gasteiger partial charge in [-0.3, -0.25) is 4.79 Å². The van der Waals surface area contributed by atoms with Crippen molar-refractivity contribution in [2.45, 2.75) is 25.9 Å². The molecule has 28 heavy (non-hydrogen) atoms. The second kappa shape index (κ2) is 6.49. The molecule has 0 saturated carbocycles. The lowest BCUT2D eigenvalue weighted by molar-refractivity contribution is 0.599. The van der Waals surface area contributed by atoms with Crippen LogP contribution in [0.15, 0.2) is 59.9 Å². The number of nitrogen functional groups attached to an aromatic ring is 1. The number of anilines is 1. The van der Waals surface area contributed by atoms with E-state index in [9.17, 15) is 4.79 Å². The fourth-order valence-electron chi connectivity index (χ4n) is 3.74. The molecule has 1 aliphatic rings. The van der Waals surface area contributed by atoms with E-state index in [1.165, 1.54) is 0 Å². The van der Waals surface area contributed by atoms with Crippen LogP contribution in [0.25, 0.3) is 16.7 Å². The first-order valence-electron chi connectivity index (χ1n) is 9.22. The van der Waals surface area contributed by atoms with E-state index in [2.05, 4.69) is 21.1 Å². The summed E-state index contributed by atoms with van der Waals surface area (Å²) in [6.07, 6.45) is 9.11. The number of benzene rings is 1. The Morgan fingerprint density at radius 1 is 1.18 bits per heavy atom. The number of aromatic nitrogens is 6. The summed E-state index contributed by atoms with van der Waals surface area (Å²) < 4.78 is 5.83. The minimum absolute atomic E-state index is 0.218. The van der Waals surface area contributed by atoms with Crippen LogP contribution in [0.5, 0.6) is 0 Å². The Labute approximate surface area is 160 Å². The Hall–Kier alpha value is -3.68. The number of nitrogens with zero attached hydrogens (tertiary/aromatic N) is 6. The molecule has 0 aliphatic carbocycles. The quantitative estimate of drug-likeness (QED) is 0.576. The lowest BCUT2D eigenvalue weighted by Crippen LogP contribution is -2.23. The normalized spacial score (nSPS) is 13.1. The summed E-state index contributed by atoms with van der Waals surface area (Å²) in [5.74, 6) is 0.970. The number of allylic oxidation sites excluding steroid dienone is 1. The first-order chi connectivity index (χ1) is 13.7. The van der Waals surface area contributed by atoms with E-state index in [1.807, 2.05) is 45.7 Å². The third-order valence-corrected chi connectivity index (χ3v) is 5.04. The van der Waals surface area contributed by atoms with Crippen molar-refractivity contribution in [1.82, 2.24) is 28.9 Å². The largest absolute Gasteiger partial charge is 0.381 e. The molecule has 4 aromatic rings. The Morgan fingerprint density at radius 2 is 2.04 bits per heavy atom. The van der Waals surface area contributed by atoms with Gasteiger partial charge in [0.25, 0.3) is 5.56 Å². The van der Waals surface area contributed by atoms with Gasteiger partial charge in [0.15, 0.2) is 11.5 Å². The predicted octanol–water partition coefficient (Wildman–Crippen LogP) is 1.91. The van der Waals surface area contributed by atoms with Gasteiger partial charge in [0.1, 0.15) is 11.2 Å². The molecule has 0 amide bonds. The van der Waals surface area contributed by atoms with E-state index in [0.29, 0.717) is 18.4 Å². The van der Waals surface area contributed by atoms with Crippen molar-refractivity contribution in [2.75, 3.05) is 5.73 Å². The maximum absolute atomic E-state index is 12.7. The minimum Gasteiger partial charge on any atom is -0.381 e. The van der Waals surface area contributed by atoms with Gasteiger partial charge in [-0.1, -0.05) is 30.3 Å². The molecule has 0 atom stereocenters. The smallest absolute Gasteiger partial charge is 0.286 e. The highest BCUT2D eigenvalue weighted by molar-refractivity contribution is 5.90. The van der Waals surface area contributed by atoms with Gasteiger partial charge >= 0.3 is 0 Å². The van der Waals surface area contributed by atoms with Gasteiger partial charge in [0.05, 0.1) is 12.0 Å². The van der Waals surface area contributed by atoms with Gasteiger partial charge in [-0.15, -0.1) is 5.10 Å². The molecule has 0 fully saturated rings. The molecular formula is C20H19N7O. The van der Waals surface area contributed by atoms with Crippen molar-refractivity contribution >= 4 is 22.5 Å². The molecule has 0 radical (unpaired) electrons. The van der Waals surface area contributed by atoms with Gasteiger partial charge in [0, 0.05) is 31.9 Å². The molecule has 1 aliphatic heterocycles. The molecular weight excluding hydrogens is 354 g/mol. The zero-order valence-corrected chi connectivity index (χ0v) is 15.2. The van der Waals surface area contributed by atoms with E-state index in [4.69, 9.17) is 5.73 Å². The average molecular weight is 373 g/mol. The number of aryl methyl sites for hydroxylation is 2. The number of nitrogens with two attached hydrogens (primary N) is 1. The first kappa shape index (κ1) is 16.5. The second-order valence-corrected chi connectivity index (χ2v) is 6.80. The van der Waals surface area contributed by atoms with Crippen molar-refractivity contribution in [1.29, 1.82) is 0 Å². The Bertz CT molecular complexity index is 1230. The van der Waals surface area contributed by atoms with Crippen LogP contribution >= 0.6 is 0 Å². The molecule has 140 valence electrons. The Kier molecular flexibility index (Phi) is 3.82. The third-order valence-electron chi connectivity index (χ3n) is 5.04. The van der Waals surface area contributed by atoms with Crippen LogP contribution in [-0.4, -0.2) is 28.9 Å². The van der Waals surface area contributed by atoms with Crippen LogP contribution in [0.1, 0.15) is 17.8 Å². The molecule has 8 heteroatoms. The lowest BCUT2D eigenvalue weighted by Gasteiger charge is -2.20. The highest BCUT2D eigenvalue weighted by atomic mass is 16.1. The topological polar surface area (TPSA) is 96.5 Å². The van der Waals surface area contributed by atoms with Crippen LogP contribution in [0, 0.1) is 0 Å². The summed E-state index contributed by atoms with van der Waals surface area (Å²) in [6, 6.07) is 9.99. The van der Waals surface area contributed by atoms with Gasteiger partial charge in [-0.25, -0.2) is 9.67 Å². The molecule has 2 N–H and O–H groups in total. The van der Waals surface area contributed by atoms with Crippen LogP contribution in [0.2, 0.25) is 0 Å². The molecule has 0 unspecified atom stereocenters. The molecule has 1 aromatic carbocycles. The maximum Gasteiger partial charge on any atom is 0.286 e. The van der Waals surface area contributed by atoms with Crippen molar-refractivity contribution in [3.05, 3.63) is 76.9 Å². The summed E-state index contributed by atoms with van der Waals surface area (Å²) in [6.45, 7) is 1.44. The number of rotatable bonds is 5. The fourth-order valence-corrected chi connectivity index (χ4v) is 3.74. The minimum atomic E-state index is -0.318. The van der Waals surface area contributed by atoms with E-state index < -0.39 is 0 Å². The first-order valence-corrected chi connectivity index (χ1v) is 9.22. The molecule has 4 heterocycles. The van der Waals surface area contributed by atoms with Crippen molar-refractivity contribution < 1.29 is 0 Å². The van der Waals surface area contributed by atoms with Crippen LogP contribution < -0.4 is 11.3 Å². The molecule has 0 spiro atoms. The monoisotopic (exact) mass is 373 g/mol. The highest BCUT2D eigenvalue weighted by Gasteiger charge is 2.24. The summed E-state index contributed by atoms with van der Waals surface area (Å²) in [5, 5.41) is 4.84. The summed E-state index contributed by atoms with van der Waals surface area (Å²) in [5.41, 5.74) is 8.44. The van der Waals surface area contributed by atoms with Crippen LogP contribution in [0.4, 0.5) is 5.82 Å². The van der Waals surface area contributed by atoms with Crippen LogP contribution in [-0.2, 0) is 19.5 Å². The summed E-state index contributed by atoms with van der Waals surface area (Å²) >= 11 is 0. The second-order valence-electron chi connectivity index (χ2n) is 6.80. The summed E-state index contributed by atoms with van der Waals surface area (Å²) in [7, 11) is 0. The van der Waals surface area contributed by atoms with E-state index in [-0.39, 0.29) is 11.4 Å². The summed E-state index contributed by atoms with van der Waals surface area (Å²) in [4.78, 5) is 21.0. The van der Waals surface area contributed by atoms with Gasteiger partial charge in [0.2, 0.25) is 0 Å². The number of hydrogen-bond donors (Lipinski definition) is 1. The Morgan fingerprint density at radius 3 is 2.82 bits per heavy atom. The van der Waals surface area contributed by atoms with Crippen molar-refractivity contribution in [2.24, 2.45) is 0 Å². The fraction of sp³-hybridized carbons (Fsp3) is 0.200. The molecule has 3 aromatic heterocycles. The zero-order chi connectivity index (χ0) is 19.1. The maximum atomic E-state index is 12.7. The number of imidazole rings is 1. The molecule has 0 saturated heterocycles. The van der Waals surface area contributed by atoms with Gasteiger partial charge < -0.3 is 14.9 Å². The van der Waals surface area contributed by atoms with Gasteiger partial charge in [-0.05, 0) is 18.1 Å². The predicted molar refractivity (Wildman–Crippen MR) is 107 cm³/mol. The zero-order valence-electron chi connectivity index (χ0n) is 15.2.